The van der Waals surface area contributed by atoms with Crippen molar-refractivity contribution in [2.75, 3.05) is 11.9 Å². The van der Waals surface area contributed by atoms with Gasteiger partial charge in [0.25, 0.3) is 11.8 Å². The molecule has 1 aliphatic rings. The number of benzene rings is 2. The van der Waals surface area contributed by atoms with Gasteiger partial charge in [-0.05, 0) is 47.8 Å². The van der Waals surface area contributed by atoms with Gasteiger partial charge in [0.15, 0.2) is 5.76 Å². The highest BCUT2D eigenvalue weighted by Crippen LogP contribution is 2.46. The van der Waals surface area contributed by atoms with Gasteiger partial charge in [-0.1, -0.05) is 30.3 Å². The van der Waals surface area contributed by atoms with E-state index in [1.54, 1.807) is 36.2 Å². The standard InChI is InChI=1S/C25H19N3O3S/c1-26-24(30)16-8-11-17(12-9-16)28-22(20-7-4-14-32-20)21(23(29)25(28)31)19-13-10-15-5-2-3-6-18(15)27-19/h2-14,22,29H,1H3,(H,26,30)/t22-/m1/s1. The molecule has 2 aromatic carbocycles. The minimum atomic E-state index is -0.526. The van der Waals surface area contributed by atoms with Crippen LogP contribution in [0.3, 0.4) is 0 Å². The molecule has 0 spiro atoms. The van der Waals surface area contributed by atoms with E-state index < -0.39 is 11.9 Å². The van der Waals surface area contributed by atoms with Gasteiger partial charge in [-0.3, -0.25) is 14.5 Å². The summed E-state index contributed by atoms with van der Waals surface area (Å²) in [4.78, 5) is 32.4. The maximum Gasteiger partial charge on any atom is 0.294 e. The van der Waals surface area contributed by atoms with Crippen molar-refractivity contribution in [3.63, 3.8) is 0 Å². The Morgan fingerprint density at radius 2 is 1.81 bits per heavy atom. The van der Waals surface area contributed by atoms with Crippen LogP contribution in [0.5, 0.6) is 0 Å². The Hall–Kier alpha value is -3.97. The highest BCUT2D eigenvalue weighted by molar-refractivity contribution is 7.10. The molecule has 1 atom stereocenters. The summed E-state index contributed by atoms with van der Waals surface area (Å²) in [6.07, 6.45) is 0. The van der Waals surface area contributed by atoms with Gasteiger partial charge >= 0.3 is 0 Å². The fraction of sp³-hybridized carbons (Fsp3) is 0.0800. The summed E-state index contributed by atoms with van der Waals surface area (Å²) in [6.45, 7) is 0. The van der Waals surface area contributed by atoms with Crippen molar-refractivity contribution in [1.29, 1.82) is 0 Å². The number of nitrogens with one attached hydrogen (secondary N) is 1. The Bertz CT molecular complexity index is 1360. The van der Waals surface area contributed by atoms with Gasteiger partial charge in [-0.25, -0.2) is 4.98 Å². The minimum Gasteiger partial charge on any atom is -0.503 e. The summed E-state index contributed by atoms with van der Waals surface area (Å²) in [5.74, 6) is -1.02. The van der Waals surface area contributed by atoms with Gasteiger partial charge in [-0.15, -0.1) is 11.3 Å². The van der Waals surface area contributed by atoms with Crippen molar-refractivity contribution in [2.45, 2.75) is 6.04 Å². The largest absolute Gasteiger partial charge is 0.503 e. The number of para-hydroxylation sites is 1. The molecule has 5 rings (SSSR count). The molecular weight excluding hydrogens is 422 g/mol. The lowest BCUT2D eigenvalue weighted by atomic mass is 10.0. The average Bonchev–Trinajstić information content (AvgIpc) is 3.45. The van der Waals surface area contributed by atoms with Crippen LogP contribution in [0.25, 0.3) is 16.5 Å². The van der Waals surface area contributed by atoms with Crippen LogP contribution < -0.4 is 10.2 Å². The monoisotopic (exact) mass is 441 g/mol. The maximum atomic E-state index is 13.2. The number of amides is 2. The van der Waals surface area contributed by atoms with E-state index in [9.17, 15) is 14.7 Å². The van der Waals surface area contributed by atoms with Crippen LogP contribution in [0, 0.1) is 0 Å². The number of carbonyl (C=O) groups is 2. The van der Waals surface area contributed by atoms with E-state index in [0.717, 1.165) is 15.8 Å². The van der Waals surface area contributed by atoms with Gasteiger partial charge in [0.2, 0.25) is 0 Å². The Balaban J connectivity index is 1.63. The third-order valence-electron chi connectivity index (χ3n) is 5.53. The van der Waals surface area contributed by atoms with E-state index in [1.165, 1.54) is 11.3 Å². The lowest BCUT2D eigenvalue weighted by Gasteiger charge is -2.26. The number of nitrogens with zero attached hydrogens (tertiary/aromatic N) is 2. The fourth-order valence-electron chi connectivity index (χ4n) is 3.98. The van der Waals surface area contributed by atoms with Crippen molar-refractivity contribution >= 4 is 45.3 Å². The highest BCUT2D eigenvalue weighted by atomic mass is 32.1. The van der Waals surface area contributed by atoms with E-state index in [1.807, 2.05) is 53.9 Å². The Kier molecular flexibility index (Phi) is 4.95. The molecule has 0 radical (unpaired) electrons. The molecule has 0 bridgehead atoms. The zero-order chi connectivity index (χ0) is 22.2. The topological polar surface area (TPSA) is 82.5 Å². The number of thiophene rings is 1. The predicted octanol–water partition coefficient (Wildman–Crippen LogP) is 4.71. The second-order valence-corrected chi connectivity index (χ2v) is 8.35. The van der Waals surface area contributed by atoms with Crippen LogP contribution in [0.4, 0.5) is 5.69 Å². The zero-order valence-electron chi connectivity index (χ0n) is 17.1. The van der Waals surface area contributed by atoms with E-state index in [-0.39, 0.29) is 11.7 Å². The molecule has 0 unspecified atom stereocenters. The summed E-state index contributed by atoms with van der Waals surface area (Å²) in [5, 5.41) is 16.5. The molecule has 1 aliphatic heterocycles. The number of hydrogen-bond donors (Lipinski definition) is 2. The van der Waals surface area contributed by atoms with Crippen molar-refractivity contribution in [3.05, 3.63) is 100 Å². The van der Waals surface area contributed by atoms with Crippen molar-refractivity contribution in [2.24, 2.45) is 0 Å². The van der Waals surface area contributed by atoms with Crippen LogP contribution in [0.1, 0.15) is 27.0 Å². The Morgan fingerprint density at radius 3 is 2.53 bits per heavy atom. The minimum absolute atomic E-state index is 0.207. The van der Waals surface area contributed by atoms with Gasteiger partial charge in [0.05, 0.1) is 16.8 Å². The molecule has 0 saturated carbocycles. The first-order valence-electron chi connectivity index (χ1n) is 10.1. The molecule has 2 amide bonds. The van der Waals surface area contributed by atoms with Crippen LogP contribution in [-0.4, -0.2) is 29.0 Å². The quantitative estimate of drug-likeness (QED) is 0.480. The Morgan fingerprint density at radius 1 is 1.03 bits per heavy atom. The summed E-state index contributed by atoms with van der Waals surface area (Å²) in [6, 6.07) is 21.6. The van der Waals surface area contributed by atoms with Crippen molar-refractivity contribution in [1.82, 2.24) is 10.3 Å². The second kappa shape index (κ2) is 7.94. The van der Waals surface area contributed by atoms with Gasteiger partial charge < -0.3 is 10.4 Å². The summed E-state index contributed by atoms with van der Waals surface area (Å²) >= 11 is 1.51. The summed E-state index contributed by atoms with van der Waals surface area (Å²) < 4.78 is 0. The maximum absolute atomic E-state index is 13.2. The molecule has 6 nitrogen and oxygen atoms in total. The number of hydrogen-bond acceptors (Lipinski definition) is 5. The summed E-state index contributed by atoms with van der Waals surface area (Å²) in [5.41, 5.74) is 2.89. The smallest absolute Gasteiger partial charge is 0.294 e. The van der Waals surface area contributed by atoms with E-state index in [4.69, 9.17) is 4.98 Å². The van der Waals surface area contributed by atoms with Crippen LogP contribution in [0.15, 0.2) is 83.9 Å². The lowest BCUT2D eigenvalue weighted by molar-refractivity contribution is -0.117. The molecule has 158 valence electrons. The van der Waals surface area contributed by atoms with Crippen molar-refractivity contribution in [3.8, 4) is 0 Å². The molecule has 3 heterocycles. The number of fused-ring (bicyclic) bond motifs is 1. The Labute approximate surface area is 188 Å². The number of pyridine rings is 1. The third-order valence-corrected chi connectivity index (χ3v) is 6.45. The third kappa shape index (κ3) is 3.23. The van der Waals surface area contributed by atoms with Gasteiger partial charge in [0, 0.05) is 28.6 Å². The molecule has 0 aliphatic carbocycles. The zero-order valence-corrected chi connectivity index (χ0v) is 18.0. The first-order chi connectivity index (χ1) is 15.6. The van der Waals surface area contributed by atoms with Crippen LogP contribution in [0.2, 0.25) is 0 Å². The normalized spacial score (nSPS) is 16.1. The number of aromatic nitrogens is 1. The summed E-state index contributed by atoms with van der Waals surface area (Å²) in [7, 11) is 1.57. The SMILES string of the molecule is CNC(=O)c1ccc(N2C(=O)C(O)=C(c3ccc4ccccc4n3)[C@H]2c2cccs2)cc1. The van der Waals surface area contributed by atoms with Crippen molar-refractivity contribution < 1.29 is 14.7 Å². The highest BCUT2D eigenvalue weighted by Gasteiger charge is 2.43. The van der Waals surface area contributed by atoms with Crippen LogP contribution in [-0.2, 0) is 4.79 Å². The first-order valence-corrected chi connectivity index (χ1v) is 10.9. The molecule has 0 fully saturated rings. The molecular formula is C25H19N3O3S. The predicted molar refractivity (Wildman–Crippen MR) is 126 cm³/mol. The van der Waals surface area contributed by atoms with E-state index in [0.29, 0.717) is 22.5 Å². The molecule has 32 heavy (non-hydrogen) atoms. The molecule has 4 aromatic rings. The molecule has 7 heteroatoms. The van der Waals surface area contributed by atoms with Crippen LogP contribution >= 0.6 is 11.3 Å². The van der Waals surface area contributed by atoms with Gasteiger partial charge in [0.1, 0.15) is 6.04 Å². The number of aliphatic hydroxyl groups is 1. The lowest BCUT2D eigenvalue weighted by Crippen LogP contribution is -2.29. The average molecular weight is 442 g/mol. The second-order valence-electron chi connectivity index (χ2n) is 7.37. The molecule has 2 aromatic heterocycles. The fourth-order valence-corrected chi connectivity index (χ4v) is 4.81. The van der Waals surface area contributed by atoms with Gasteiger partial charge in [-0.2, -0.15) is 0 Å². The first kappa shape index (κ1) is 20.0. The molecule has 0 saturated heterocycles. The number of rotatable bonds is 4. The number of aliphatic hydroxyl groups excluding tert-OH is 1. The van der Waals surface area contributed by atoms with E-state index in [2.05, 4.69) is 5.32 Å². The molecule has 2 N–H and O–H groups in total. The number of carbonyl (C=O) groups excluding carboxylic acids is 2. The van der Waals surface area contributed by atoms with E-state index >= 15 is 0 Å². The number of anilines is 1.